The summed E-state index contributed by atoms with van der Waals surface area (Å²) in [5.74, 6) is -0.748. The van der Waals surface area contributed by atoms with Gasteiger partial charge in [0.05, 0.1) is 11.3 Å². The molecule has 0 spiro atoms. The lowest BCUT2D eigenvalue weighted by atomic mass is 9.87. The first-order valence-corrected chi connectivity index (χ1v) is 11.4. The third-order valence-corrected chi connectivity index (χ3v) is 6.27. The maximum atomic E-state index is 12.9. The van der Waals surface area contributed by atoms with E-state index in [2.05, 4.69) is 18.5 Å². The Morgan fingerprint density at radius 3 is 2.44 bits per heavy atom. The van der Waals surface area contributed by atoms with Crippen LogP contribution in [0.3, 0.4) is 0 Å². The van der Waals surface area contributed by atoms with E-state index in [1.165, 1.54) is 4.90 Å². The molecule has 182 valence electrons. The standard InChI is InChI=1S/C21H21N3O4.C5H12O/c1-12(8-14-9-23(10-14)11-25)15-4-3-5-16-19(15)13(2)21(28)24(16)17-6-7-18(26)22-20(17)27;1-5(2,3)6-4/h3-5,11,14,17H,1-2,6-10H2,(H,22,26,27);1-4H3. The van der Waals surface area contributed by atoms with Gasteiger partial charge in [0, 0.05) is 37.8 Å². The fraction of sp³-hybridized carbons (Fsp3) is 0.462. The van der Waals surface area contributed by atoms with Gasteiger partial charge in [-0.1, -0.05) is 25.3 Å². The molecule has 8 nitrogen and oxygen atoms in total. The molecule has 3 aliphatic heterocycles. The number of hydrogen-bond donors (Lipinski definition) is 1. The van der Waals surface area contributed by atoms with Crippen molar-refractivity contribution >= 4 is 41.0 Å². The Bertz CT molecular complexity index is 1030. The number of likely N-dealkylation sites (tertiary alicyclic amines) is 1. The number of carbonyl (C=O) groups excluding carboxylic acids is 4. The molecule has 0 bridgehead atoms. The Balaban J connectivity index is 0.000000481. The number of amides is 4. The highest BCUT2D eigenvalue weighted by molar-refractivity contribution is 6.34. The molecule has 1 N–H and O–H groups in total. The molecule has 34 heavy (non-hydrogen) atoms. The molecule has 1 atom stereocenters. The van der Waals surface area contributed by atoms with Gasteiger partial charge >= 0.3 is 0 Å². The summed E-state index contributed by atoms with van der Waals surface area (Å²) in [6.07, 6.45) is 2.06. The topological polar surface area (TPSA) is 96.0 Å². The summed E-state index contributed by atoms with van der Waals surface area (Å²) >= 11 is 0. The number of rotatable bonds is 5. The van der Waals surface area contributed by atoms with Crippen LogP contribution < -0.4 is 10.2 Å². The Kier molecular flexibility index (Phi) is 7.41. The lowest BCUT2D eigenvalue weighted by Crippen LogP contribution is -2.53. The summed E-state index contributed by atoms with van der Waals surface area (Å²) in [7, 11) is 1.71. The highest BCUT2D eigenvalue weighted by Crippen LogP contribution is 2.43. The largest absolute Gasteiger partial charge is 0.379 e. The first-order chi connectivity index (χ1) is 16.0. The molecule has 4 rings (SSSR count). The Hall–Kier alpha value is -3.26. The minimum absolute atomic E-state index is 0.0417. The SMILES string of the molecule is C=C(CC1CN(C=O)C1)c1cccc2c1C(=C)C(=O)N2C1CCC(=O)NC1=O.COC(C)(C)C. The van der Waals surface area contributed by atoms with E-state index in [9.17, 15) is 19.2 Å². The maximum Gasteiger partial charge on any atom is 0.259 e. The number of fused-ring (bicyclic) bond motifs is 1. The molecule has 1 aromatic carbocycles. The molecule has 0 saturated carbocycles. The molecule has 0 aromatic heterocycles. The van der Waals surface area contributed by atoms with Crippen LogP contribution in [-0.2, 0) is 23.9 Å². The zero-order chi connectivity index (χ0) is 25.2. The van der Waals surface area contributed by atoms with E-state index in [1.807, 2.05) is 32.9 Å². The van der Waals surface area contributed by atoms with E-state index in [0.717, 1.165) is 24.0 Å². The van der Waals surface area contributed by atoms with Crippen molar-refractivity contribution in [2.75, 3.05) is 25.1 Å². The van der Waals surface area contributed by atoms with Gasteiger partial charge in [-0.05, 0) is 56.7 Å². The van der Waals surface area contributed by atoms with Gasteiger partial charge in [0.15, 0.2) is 0 Å². The van der Waals surface area contributed by atoms with E-state index in [0.29, 0.717) is 35.8 Å². The number of anilines is 1. The molecule has 3 aliphatic rings. The second-order valence-electron chi connectivity index (χ2n) is 9.87. The number of nitrogens with one attached hydrogen (secondary N) is 1. The van der Waals surface area contributed by atoms with Gasteiger partial charge in [0.1, 0.15) is 6.04 Å². The van der Waals surface area contributed by atoms with Gasteiger partial charge in [-0.15, -0.1) is 0 Å². The molecule has 2 saturated heterocycles. The van der Waals surface area contributed by atoms with Crippen molar-refractivity contribution in [1.82, 2.24) is 10.2 Å². The number of ether oxygens (including phenoxy) is 1. The van der Waals surface area contributed by atoms with Crippen LogP contribution in [0, 0.1) is 5.92 Å². The Morgan fingerprint density at radius 2 is 1.88 bits per heavy atom. The van der Waals surface area contributed by atoms with Crippen molar-refractivity contribution in [2.45, 2.75) is 51.7 Å². The van der Waals surface area contributed by atoms with E-state index in [-0.39, 0.29) is 30.3 Å². The number of nitrogens with zero attached hydrogens (tertiary/aromatic N) is 2. The van der Waals surface area contributed by atoms with Crippen molar-refractivity contribution in [3.05, 3.63) is 42.5 Å². The minimum atomic E-state index is -0.723. The van der Waals surface area contributed by atoms with E-state index < -0.39 is 11.9 Å². The second-order valence-corrected chi connectivity index (χ2v) is 9.87. The monoisotopic (exact) mass is 467 g/mol. The van der Waals surface area contributed by atoms with Crippen molar-refractivity contribution in [2.24, 2.45) is 5.92 Å². The fourth-order valence-corrected chi connectivity index (χ4v) is 4.24. The van der Waals surface area contributed by atoms with Gasteiger partial charge < -0.3 is 9.64 Å². The average Bonchev–Trinajstić information content (AvgIpc) is 3.01. The summed E-state index contributed by atoms with van der Waals surface area (Å²) in [5, 5.41) is 2.31. The summed E-state index contributed by atoms with van der Waals surface area (Å²) in [5.41, 5.74) is 3.43. The van der Waals surface area contributed by atoms with Crippen LogP contribution in [0.1, 0.15) is 51.2 Å². The third kappa shape index (κ3) is 5.28. The first-order valence-electron chi connectivity index (χ1n) is 11.4. The lowest BCUT2D eigenvalue weighted by molar-refractivity contribution is -0.135. The van der Waals surface area contributed by atoms with Gasteiger partial charge in [-0.3, -0.25) is 29.4 Å². The predicted molar refractivity (Wildman–Crippen MR) is 131 cm³/mol. The molecule has 0 aliphatic carbocycles. The molecule has 4 amide bonds. The third-order valence-electron chi connectivity index (χ3n) is 6.27. The quantitative estimate of drug-likeness (QED) is 0.408. The van der Waals surface area contributed by atoms with Crippen LogP contribution in [0.4, 0.5) is 5.69 Å². The van der Waals surface area contributed by atoms with Crippen LogP contribution >= 0.6 is 0 Å². The van der Waals surface area contributed by atoms with Crippen LogP contribution in [0.5, 0.6) is 0 Å². The van der Waals surface area contributed by atoms with Crippen LogP contribution in [-0.4, -0.2) is 60.9 Å². The van der Waals surface area contributed by atoms with Gasteiger partial charge in [0.2, 0.25) is 18.2 Å². The molecule has 8 heteroatoms. The van der Waals surface area contributed by atoms with Crippen LogP contribution in [0.15, 0.2) is 31.4 Å². The van der Waals surface area contributed by atoms with Crippen LogP contribution in [0.2, 0.25) is 0 Å². The lowest BCUT2D eigenvalue weighted by Gasteiger charge is -2.37. The number of methoxy groups -OCH3 is 1. The van der Waals surface area contributed by atoms with Crippen molar-refractivity contribution < 1.29 is 23.9 Å². The molecule has 3 heterocycles. The zero-order valence-electron chi connectivity index (χ0n) is 20.3. The summed E-state index contributed by atoms with van der Waals surface area (Å²) in [6.45, 7) is 15.6. The van der Waals surface area contributed by atoms with Gasteiger partial charge in [0.25, 0.3) is 5.91 Å². The predicted octanol–water partition coefficient (Wildman–Crippen LogP) is 2.77. The molecule has 2 fully saturated rings. The zero-order valence-corrected chi connectivity index (χ0v) is 20.3. The highest BCUT2D eigenvalue weighted by Gasteiger charge is 2.42. The number of benzene rings is 1. The van der Waals surface area contributed by atoms with E-state index in [1.54, 1.807) is 18.1 Å². The number of allylic oxidation sites excluding steroid dienone is 1. The maximum absolute atomic E-state index is 12.9. The summed E-state index contributed by atoms with van der Waals surface area (Å²) in [6, 6.07) is 4.81. The molecule has 1 unspecified atom stereocenters. The fourth-order valence-electron chi connectivity index (χ4n) is 4.24. The second kappa shape index (κ2) is 9.93. The Morgan fingerprint density at radius 1 is 1.24 bits per heavy atom. The van der Waals surface area contributed by atoms with Crippen LogP contribution in [0.25, 0.3) is 11.1 Å². The smallest absolute Gasteiger partial charge is 0.259 e. The van der Waals surface area contributed by atoms with Crippen molar-refractivity contribution in [1.29, 1.82) is 0 Å². The van der Waals surface area contributed by atoms with E-state index >= 15 is 0 Å². The summed E-state index contributed by atoms with van der Waals surface area (Å²) in [4.78, 5) is 50.6. The minimum Gasteiger partial charge on any atom is -0.379 e. The van der Waals surface area contributed by atoms with Crippen molar-refractivity contribution in [3.63, 3.8) is 0 Å². The molecular formula is C26H33N3O5. The number of imide groups is 1. The number of piperidine rings is 1. The summed E-state index contributed by atoms with van der Waals surface area (Å²) < 4.78 is 4.94. The average molecular weight is 468 g/mol. The van der Waals surface area contributed by atoms with E-state index in [4.69, 9.17) is 4.74 Å². The molecule has 1 aromatic rings. The van der Waals surface area contributed by atoms with Gasteiger partial charge in [-0.2, -0.15) is 0 Å². The Labute approximate surface area is 200 Å². The first kappa shape index (κ1) is 25.4. The van der Waals surface area contributed by atoms with Gasteiger partial charge in [-0.25, -0.2) is 0 Å². The number of hydrogen-bond acceptors (Lipinski definition) is 5. The molecular weight excluding hydrogens is 434 g/mol. The normalized spacial score (nSPS) is 20.3. The molecule has 0 radical (unpaired) electrons. The highest BCUT2D eigenvalue weighted by atomic mass is 16.5. The number of carbonyl (C=O) groups is 4. The van der Waals surface area contributed by atoms with Crippen molar-refractivity contribution in [3.8, 4) is 0 Å².